The first-order valence-electron chi connectivity index (χ1n) is 24.0. The number of hydrogen-bond acceptors (Lipinski definition) is 1. The number of hydrogen-bond donors (Lipinski definition) is 0. The topological polar surface area (TPSA) is 3.24 Å². The van der Waals surface area contributed by atoms with Gasteiger partial charge in [-0.3, -0.25) is 0 Å². The molecule has 11 aromatic carbocycles. The van der Waals surface area contributed by atoms with E-state index in [1.807, 2.05) is 0 Å². The minimum Gasteiger partial charge on any atom is -0.310 e. The third-order valence-corrected chi connectivity index (χ3v) is 14.9. The molecule has 2 aliphatic carbocycles. The second kappa shape index (κ2) is 16.5. The van der Waals surface area contributed by atoms with E-state index < -0.39 is 10.8 Å². The summed E-state index contributed by atoms with van der Waals surface area (Å²) in [7, 11) is 0. The van der Waals surface area contributed by atoms with Crippen molar-refractivity contribution in [2.75, 3.05) is 4.90 Å². The summed E-state index contributed by atoms with van der Waals surface area (Å²) < 4.78 is 0. The fourth-order valence-corrected chi connectivity index (χ4v) is 12.0. The molecule has 0 fully saturated rings. The minimum absolute atomic E-state index is 0.566. The van der Waals surface area contributed by atoms with E-state index in [9.17, 15) is 0 Å². The van der Waals surface area contributed by atoms with Crippen molar-refractivity contribution in [1.82, 2.24) is 0 Å². The highest BCUT2D eigenvalue weighted by Crippen LogP contribution is 2.65. The molecule has 0 heterocycles. The first-order valence-corrected chi connectivity index (χ1v) is 24.0. The van der Waals surface area contributed by atoms with E-state index in [-0.39, 0.29) is 0 Å². The zero-order valence-corrected chi connectivity index (χ0v) is 38.1. The summed E-state index contributed by atoms with van der Waals surface area (Å²) in [5.41, 5.74) is 22.2. The normalized spacial score (nSPS) is 13.4. The second-order valence-corrected chi connectivity index (χ2v) is 18.3. The monoisotopic (exact) mass is 877 g/mol. The number of anilines is 3. The highest BCUT2D eigenvalue weighted by Gasteiger charge is 2.56. The second-order valence-electron chi connectivity index (χ2n) is 18.3. The predicted molar refractivity (Wildman–Crippen MR) is 287 cm³/mol. The molecule has 2 aliphatic rings. The molecule has 0 bridgehead atoms. The Bertz CT molecular complexity index is 3540. The third-order valence-electron chi connectivity index (χ3n) is 14.9. The summed E-state index contributed by atoms with van der Waals surface area (Å²) in [6.45, 7) is 0. The molecule has 0 unspecified atom stereocenters. The van der Waals surface area contributed by atoms with Crippen LogP contribution in [0, 0.1) is 0 Å². The van der Waals surface area contributed by atoms with Crippen molar-refractivity contribution in [2.24, 2.45) is 0 Å². The van der Waals surface area contributed by atoms with Gasteiger partial charge >= 0.3 is 0 Å². The van der Waals surface area contributed by atoms with Gasteiger partial charge in [-0.15, -0.1) is 0 Å². The fourth-order valence-electron chi connectivity index (χ4n) is 12.0. The standard InChI is InChI=1S/C68H47N/c1-5-21-48(22-6-1)49-37-41-54(42-38-49)69(55-43-39-51(40-44-55)58-30-14-13-29-57(58)50-23-7-2-8-24-50)56-45-46-60-59-31-15-16-32-61(59)68(66(60)47-56)64-35-19-17-33-62(64)67(52-25-9-3-10-26-52,53-27-11-4-12-28-53)63-34-18-20-36-65(63)68/h1-47H. The van der Waals surface area contributed by atoms with Crippen molar-refractivity contribution in [3.63, 3.8) is 0 Å². The number of benzene rings is 11. The summed E-state index contributed by atoms with van der Waals surface area (Å²) in [5, 5.41) is 0. The highest BCUT2D eigenvalue weighted by atomic mass is 15.1. The third kappa shape index (κ3) is 6.24. The molecule has 0 amide bonds. The van der Waals surface area contributed by atoms with Crippen LogP contribution in [0.15, 0.2) is 285 Å². The molecule has 0 atom stereocenters. The molecule has 69 heavy (non-hydrogen) atoms. The molecule has 0 saturated carbocycles. The minimum atomic E-state index is -0.615. The Labute approximate surface area is 404 Å². The van der Waals surface area contributed by atoms with Gasteiger partial charge in [-0.05, 0) is 125 Å². The molecular weight excluding hydrogens is 831 g/mol. The van der Waals surface area contributed by atoms with Gasteiger partial charge in [0.2, 0.25) is 0 Å². The smallest absolute Gasteiger partial charge is 0.0720 e. The van der Waals surface area contributed by atoms with Crippen LogP contribution in [-0.4, -0.2) is 0 Å². The summed E-state index contributed by atoms with van der Waals surface area (Å²) in [4.78, 5) is 2.44. The largest absolute Gasteiger partial charge is 0.310 e. The Hall–Kier alpha value is -8.78. The molecular formula is C68H47N. The van der Waals surface area contributed by atoms with Crippen LogP contribution in [0.5, 0.6) is 0 Å². The quantitative estimate of drug-likeness (QED) is 0.147. The average molecular weight is 878 g/mol. The van der Waals surface area contributed by atoms with Gasteiger partial charge < -0.3 is 4.90 Å². The van der Waals surface area contributed by atoms with Gasteiger partial charge in [0, 0.05) is 17.1 Å². The first kappa shape index (κ1) is 40.5. The molecule has 1 nitrogen and oxygen atoms in total. The molecule has 0 aromatic heterocycles. The maximum atomic E-state index is 2.50. The van der Waals surface area contributed by atoms with Gasteiger partial charge in [0.05, 0.1) is 10.8 Å². The molecule has 0 radical (unpaired) electrons. The van der Waals surface area contributed by atoms with Crippen molar-refractivity contribution in [1.29, 1.82) is 0 Å². The molecule has 13 rings (SSSR count). The molecule has 1 spiro atoms. The highest BCUT2D eigenvalue weighted by molar-refractivity contribution is 5.93. The van der Waals surface area contributed by atoms with E-state index in [1.54, 1.807) is 0 Å². The van der Waals surface area contributed by atoms with Crippen LogP contribution in [0.1, 0.15) is 44.5 Å². The van der Waals surface area contributed by atoms with E-state index in [2.05, 4.69) is 290 Å². The van der Waals surface area contributed by atoms with Gasteiger partial charge in [0.15, 0.2) is 0 Å². The summed E-state index contributed by atoms with van der Waals surface area (Å²) >= 11 is 0. The lowest BCUT2D eigenvalue weighted by Crippen LogP contribution is -2.44. The average Bonchev–Trinajstić information content (AvgIpc) is 3.72. The van der Waals surface area contributed by atoms with Crippen LogP contribution < -0.4 is 4.90 Å². The van der Waals surface area contributed by atoms with Crippen LogP contribution in [-0.2, 0) is 10.8 Å². The lowest BCUT2D eigenvalue weighted by Gasteiger charge is -2.50. The van der Waals surface area contributed by atoms with Gasteiger partial charge in [-0.2, -0.15) is 0 Å². The van der Waals surface area contributed by atoms with Gasteiger partial charge in [-0.1, -0.05) is 249 Å². The van der Waals surface area contributed by atoms with Crippen LogP contribution >= 0.6 is 0 Å². The van der Waals surface area contributed by atoms with Crippen molar-refractivity contribution in [3.8, 4) is 44.5 Å². The Balaban J connectivity index is 1.04. The maximum absolute atomic E-state index is 2.50. The zero-order valence-electron chi connectivity index (χ0n) is 38.1. The Kier molecular flexibility index (Phi) is 9.70. The molecule has 324 valence electrons. The van der Waals surface area contributed by atoms with Crippen LogP contribution in [0.25, 0.3) is 44.5 Å². The Morgan fingerprint density at radius 3 is 1.04 bits per heavy atom. The number of rotatable bonds is 8. The van der Waals surface area contributed by atoms with E-state index in [1.165, 1.54) is 89.0 Å². The predicted octanol–water partition coefficient (Wildman–Crippen LogP) is 17.2. The summed E-state index contributed by atoms with van der Waals surface area (Å²) in [6, 6.07) is 106. The zero-order chi connectivity index (χ0) is 45.8. The Morgan fingerprint density at radius 1 is 0.203 bits per heavy atom. The van der Waals surface area contributed by atoms with Gasteiger partial charge in [-0.25, -0.2) is 0 Å². The molecule has 0 N–H and O–H groups in total. The molecule has 1 heteroatoms. The SMILES string of the molecule is c1ccc(-c2ccc(N(c3ccc(-c4ccccc4-c4ccccc4)cc3)c3ccc4c(c3)C3(c5ccccc5-4)c4ccccc4C(c4ccccc4)(c4ccccc4)c4ccccc43)cc2)cc1. The lowest BCUT2D eigenvalue weighted by atomic mass is 9.51. The summed E-state index contributed by atoms with van der Waals surface area (Å²) in [5.74, 6) is 0. The van der Waals surface area contributed by atoms with E-state index in [0.29, 0.717) is 0 Å². The van der Waals surface area contributed by atoms with Crippen LogP contribution in [0.3, 0.4) is 0 Å². The molecule has 0 saturated heterocycles. The van der Waals surface area contributed by atoms with E-state index in [4.69, 9.17) is 0 Å². The Morgan fingerprint density at radius 2 is 0.536 bits per heavy atom. The molecule has 11 aromatic rings. The summed E-state index contributed by atoms with van der Waals surface area (Å²) in [6.07, 6.45) is 0. The molecule has 0 aliphatic heterocycles. The first-order chi connectivity index (χ1) is 34.2. The van der Waals surface area contributed by atoms with Crippen LogP contribution in [0.2, 0.25) is 0 Å². The fraction of sp³-hybridized carbons (Fsp3) is 0.0294. The maximum Gasteiger partial charge on any atom is 0.0720 e. The number of nitrogens with zero attached hydrogens (tertiary/aromatic N) is 1. The van der Waals surface area contributed by atoms with E-state index in [0.717, 1.165) is 17.1 Å². The lowest BCUT2D eigenvalue weighted by molar-refractivity contribution is 0.623. The van der Waals surface area contributed by atoms with Crippen molar-refractivity contribution in [3.05, 3.63) is 330 Å². The van der Waals surface area contributed by atoms with Gasteiger partial charge in [0.25, 0.3) is 0 Å². The van der Waals surface area contributed by atoms with Gasteiger partial charge in [0.1, 0.15) is 0 Å². The van der Waals surface area contributed by atoms with E-state index >= 15 is 0 Å². The van der Waals surface area contributed by atoms with Crippen molar-refractivity contribution in [2.45, 2.75) is 10.8 Å². The van der Waals surface area contributed by atoms with Crippen molar-refractivity contribution >= 4 is 17.1 Å². The van der Waals surface area contributed by atoms with Crippen LogP contribution in [0.4, 0.5) is 17.1 Å². The number of fused-ring (bicyclic) bond motifs is 9. The van der Waals surface area contributed by atoms with Crippen molar-refractivity contribution < 1.29 is 0 Å².